The molecule has 1 amide bonds. The van der Waals surface area contributed by atoms with E-state index in [-0.39, 0.29) is 5.91 Å². The highest BCUT2D eigenvalue weighted by Crippen LogP contribution is 2.38. The first-order valence-electron chi connectivity index (χ1n) is 5.20. The van der Waals surface area contributed by atoms with E-state index in [0.717, 1.165) is 0 Å². The Morgan fingerprint density at radius 3 is 3.00 bits per heavy atom. The Balaban J connectivity index is 2.27. The van der Waals surface area contributed by atoms with Crippen LogP contribution in [-0.4, -0.2) is 25.7 Å². The number of hydrogen-bond acceptors (Lipinski definition) is 3. The first-order chi connectivity index (χ1) is 8.22. The van der Waals surface area contributed by atoms with E-state index in [2.05, 4.69) is 11.9 Å². The van der Waals surface area contributed by atoms with Gasteiger partial charge >= 0.3 is 0 Å². The van der Waals surface area contributed by atoms with Crippen LogP contribution in [0.3, 0.4) is 0 Å². The smallest absolute Gasteiger partial charge is 0.251 e. The molecule has 0 bridgehead atoms. The largest absolute Gasteiger partial charge is 0.486 e. The maximum atomic E-state index is 11.7. The lowest BCUT2D eigenvalue weighted by atomic mass is 10.2. The van der Waals surface area contributed by atoms with Crippen LogP contribution in [0.1, 0.15) is 10.4 Å². The second-order valence-corrected chi connectivity index (χ2v) is 3.89. The lowest BCUT2D eigenvalue weighted by Crippen LogP contribution is -2.24. The van der Waals surface area contributed by atoms with Crippen molar-refractivity contribution in [2.24, 2.45) is 0 Å². The second-order valence-electron chi connectivity index (χ2n) is 3.48. The van der Waals surface area contributed by atoms with Crippen molar-refractivity contribution >= 4 is 17.5 Å². The highest BCUT2D eigenvalue weighted by molar-refractivity contribution is 6.32. The van der Waals surface area contributed by atoms with Gasteiger partial charge in [0.05, 0.1) is 5.02 Å². The minimum Gasteiger partial charge on any atom is -0.486 e. The van der Waals surface area contributed by atoms with Gasteiger partial charge < -0.3 is 14.8 Å². The van der Waals surface area contributed by atoms with Crippen LogP contribution < -0.4 is 14.8 Å². The molecule has 1 heterocycles. The third kappa shape index (κ3) is 2.53. The zero-order chi connectivity index (χ0) is 12.3. The van der Waals surface area contributed by atoms with Crippen molar-refractivity contribution in [3.8, 4) is 11.5 Å². The summed E-state index contributed by atoms with van der Waals surface area (Å²) in [6.07, 6.45) is 1.61. The van der Waals surface area contributed by atoms with Crippen LogP contribution in [0, 0.1) is 0 Å². The Bertz CT molecular complexity index is 459. The summed E-state index contributed by atoms with van der Waals surface area (Å²) in [5, 5.41) is 3.05. The van der Waals surface area contributed by atoms with Crippen LogP contribution in [-0.2, 0) is 0 Å². The molecule has 0 spiro atoms. The number of fused-ring (bicyclic) bond motifs is 1. The molecule has 1 N–H and O–H groups in total. The Morgan fingerprint density at radius 1 is 1.47 bits per heavy atom. The maximum Gasteiger partial charge on any atom is 0.251 e. The monoisotopic (exact) mass is 253 g/mol. The van der Waals surface area contributed by atoms with Crippen molar-refractivity contribution < 1.29 is 14.3 Å². The van der Waals surface area contributed by atoms with Gasteiger partial charge in [0, 0.05) is 12.1 Å². The molecule has 5 heteroatoms. The number of carbonyl (C=O) groups excluding carboxylic acids is 1. The molecule has 0 radical (unpaired) electrons. The molecular weight excluding hydrogens is 242 g/mol. The summed E-state index contributed by atoms with van der Waals surface area (Å²) in [7, 11) is 0. The van der Waals surface area contributed by atoms with E-state index < -0.39 is 0 Å². The third-order valence-electron chi connectivity index (χ3n) is 2.27. The van der Waals surface area contributed by atoms with Crippen molar-refractivity contribution in [1.29, 1.82) is 0 Å². The Kier molecular flexibility index (Phi) is 3.54. The molecular formula is C12H12ClNO3. The molecule has 0 saturated carbocycles. The molecule has 1 aromatic carbocycles. The predicted octanol–water partition coefficient (Wildman–Crippen LogP) is 2.03. The van der Waals surface area contributed by atoms with E-state index in [1.165, 1.54) is 0 Å². The van der Waals surface area contributed by atoms with Crippen molar-refractivity contribution in [2.45, 2.75) is 0 Å². The van der Waals surface area contributed by atoms with E-state index in [1.807, 2.05) is 0 Å². The van der Waals surface area contributed by atoms with Gasteiger partial charge in [0.25, 0.3) is 5.91 Å². The molecule has 1 aromatic rings. The van der Waals surface area contributed by atoms with E-state index in [4.69, 9.17) is 21.1 Å². The standard InChI is InChI=1S/C12H12ClNO3/c1-2-3-14-12(15)8-6-9(13)11-10(7-8)16-4-5-17-11/h2,6-7H,1,3-5H2,(H,14,15). The molecule has 1 aliphatic heterocycles. The van der Waals surface area contributed by atoms with E-state index in [0.29, 0.717) is 41.8 Å². The SMILES string of the molecule is C=CCNC(=O)c1cc(Cl)c2c(c1)OCCO2. The molecule has 90 valence electrons. The van der Waals surface area contributed by atoms with Gasteiger partial charge in [-0.2, -0.15) is 0 Å². The van der Waals surface area contributed by atoms with Crippen LogP contribution in [0.2, 0.25) is 5.02 Å². The Morgan fingerprint density at radius 2 is 2.24 bits per heavy atom. The fourth-order valence-corrected chi connectivity index (χ4v) is 1.77. The average molecular weight is 254 g/mol. The number of nitrogens with one attached hydrogen (secondary N) is 1. The molecule has 4 nitrogen and oxygen atoms in total. The number of halogens is 1. The summed E-state index contributed by atoms with van der Waals surface area (Å²) in [4.78, 5) is 11.7. The van der Waals surface area contributed by atoms with Crippen LogP contribution in [0.25, 0.3) is 0 Å². The highest BCUT2D eigenvalue weighted by Gasteiger charge is 2.18. The third-order valence-corrected chi connectivity index (χ3v) is 2.55. The molecule has 0 fully saturated rings. The lowest BCUT2D eigenvalue weighted by Gasteiger charge is -2.20. The van der Waals surface area contributed by atoms with Crippen LogP contribution in [0.5, 0.6) is 11.5 Å². The fourth-order valence-electron chi connectivity index (χ4n) is 1.51. The summed E-state index contributed by atoms with van der Waals surface area (Å²) < 4.78 is 10.8. The van der Waals surface area contributed by atoms with Crippen LogP contribution in [0.4, 0.5) is 0 Å². The first-order valence-corrected chi connectivity index (χ1v) is 5.58. The van der Waals surface area contributed by atoms with Crippen molar-refractivity contribution in [2.75, 3.05) is 19.8 Å². The van der Waals surface area contributed by atoms with Crippen molar-refractivity contribution in [3.05, 3.63) is 35.4 Å². The normalized spacial score (nSPS) is 13.0. The Labute approximate surface area is 104 Å². The summed E-state index contributed by atoms with van der Waals surface area (Å²) in [6, 6.07) is 3.19. The van der Waals surface area contributed by atoms with Gasteiger partial charge in [-0.25, -0.2) is 0 Å². The van der Waals surface area contributed by atoms with E-state index in [1.54, 1.807) is 18.2 Å². The number of carbonyl (C=O) groups is 1. The van der Waals surface area contributed by atoms with Gasteiger partial charge in [-0.15, -0.1) is 6.58 Å². The first kappa shape index (κ1) is 11.8. The van der Waals surface area contributed by atoms with Gasteiger partial charge in [0.1, 0.15) is 13.2 Å². The molecule has 0 aromatic heterocycles. The van der Waals surface area contributed by atoms with Crippen molar-refractivity contribution in [3.63, 3.8) is 0 Å². The molecule has 17 heavy (non-hydrogen) atoms. The Hall–Kier alpha value is -1.68. The number of hydrogen-bond donors (Lipinski definition) is 1. The summed E-state index contributed by atoms with van der Waals surface area (Å²) >= 11 is 6.02. The minimum atomic E-state index is -0.219. The molecule has 0 saturated heterocycles. The summed E-state index contributed by atoms with van der Waals surface area (Å²) in [5.41, 5.74) is 0.445. The molecule has 2 rings (SSSR count). The summed E-state index contributed by atoms with van der Waals surface area (Å²) in [5.74, 6) is 0.787. The van der Waals surface area contributed by atoms with Gasteiger partial charge in [0.2, 0.25) is 0 Å². The highest BCUT2D eigenvalue weighted by atomic mass is 35.5. The predicted molar refractivity (Wildman–Crippen MR) is 65.0 cm³/mol. The van der Waals surface area contributed by atoms with E-state index in [9.17, 15) is 4.79 Å². The number of benzene rings is 1. The van der Waals surface area contributed by atoms with Crippen LogP contribution >= 0.6 is 11.6 Å². The number of ether oxygens (including phenoxy) is 2. The summed E-state index contributed by atoms with van der Waals surface area (Å²) in [6.45, 7) is 4.86. The van der Waals surface area contributed by atoms with Gasteiger partial charge in [-0.3, -0.25) is 4.79 Å². The van der Waals surface area contributed by atoms with Gasteiger partial charge in [0.15, 0.2) is 11.5 Å². The van der Waals surface area contributed by atoms with Gasteiger partial charge in [-0.1, -0.05) is 17.7 Å². The topological polar surface area (TPSA) is 47.6 Å². The van der Waals surface area contributed by atoms with Gasteiger partial charge in [-0.05, 0) is 12.1 Å². The van der Waals surface area contributed by atoms with E-state index >= 15 is 0 Å². The molecule has 0 atom stereocenters. The molecule has 0 aliphatic carbocycles. The molecule has 1 aliphatic rings. The lowest BCUT2D eigenvalue weighted by molar-refractivity contribution is 0.0956. The quantitative estimate of drug-likeness (QED) is 0.839. The number of amides is 1. The minimum absolute atomic E-state index is 0.219. The average Bonchev–Trinajstić information content (AvgIpc) is 2.36. The van der Waals surface area contributed by atoms with Crippen molar-refractivity contribution in [1.82, 2.24) is 5.32 Å². The maximum absolute atomic E-state index is 11.7. The fraction of sp³-hybridized carbons (Fsp3) is 0.250. The van der Waals surface area contributed by atoms with Crippen LogP contribution in [0.15, 0.2) is 24.8 Å². The molecule has 0 unspecified atom stereocenters. The second kappa shape index (κ2) is 5.10. The zero-order valence-corrected chi connectivity index (χ0v) is 9.92. The zero-order valence-electron chi connectivity index (χ0n) is 9.16. The number of rotatable bonds is 3.